The summed E-state index contributed by atoms with van der Waals surface area (Å²) in [6.45, 7) is 5.79. The monoisotopic (exact) mass is 910 g/mol. The lowest BCUT2D eigenvalue weighted by molar-refractivity contribution is -0.149. The maximum atomic E-state index is 14.4. The summed E-state index contributed by atoms with van der Waals surface area (Å²) in [5.74, 6) is -1.43. The van der Waals surface area contributed by atoms with Gasteiger partial charge in [0.05, 0.1) is 48.8 Å². The number of hydrogen-bond acceptors (Lipinski definition) is 10. The van der Waals surface area contributed by atoms with Crippen molar-refractivity contribution in [3.63, 3.8) is 0 Å². The van der Waals surface area contributed by atoms with Crippen LogP contribution in [0.5, 0.6) is 11.5 Å². The SMILES string of the molecule is C1COCCN1.O=C(C1Oc2ccc(Cl)nc2-c2cc3c(F)cccc3n21)N1CCOCC1.O=C(O)C1Oc2ccc(Cl)nc2-c2cc3c(F)cccc3n21.O=S(Cl)Cl. The number of amides is 1. The molecule has 4 aliphatic rings. The molecule has 8 heterocycles. The van der Waals surface area contributed by atoms with E-state index in [0.29, 0.717) is 87.5 Å². The van der Waals surface area contributed by atoms with Gasteiger partial charge in [-0.15, -0.1) is 0 Å². The lowest BCUT2D eigenvalue weighted by Gasteiger charge is -2.34. The molecule has 0 radical (unpaired) electrons. The predicted octanol–water partition coefficient (Wildman–Crippen LogP) is 7.37. The Balaban J connectivity index is 0.000000147. The zero-order chi connectivity index (χ0) is 41.8. The summed E-state index contributed by atoms with van der Waals surface area (Å²) in [7, 11) is 7.36. The number of halogens is 6. The quantitative estimate of drug-likeness (QED) is 0.132. The van der Waals surface area contributed by atoms with Gasteiger partial charge in [0, 0.05) is 58.3 Å². The van der Waals surface area contributed by atoms with Crippen LogP contribution in [0.2, 0.25) is 10.3 Å². The Morgan fingerprint density at radius 3 is 1.63 bits per heavy atom. The number of aromatic nitrogens is 4. The number of benzene rings is 2. The summed E-state index contributed by atoms with van der Waals surface area (Å²) in [6, 6.07) is 18.8. The minimum absolute atomic E-state index is 0.193. The minimum atomic E-state index is -1.67. The number of nitrogens with zero attached hydrogens (tertiary/aromatic N) is 5. The highest BCUT2D eigenvalue weighted by Crippen LogP contribution is 2.44. The first-order chi connectivity index (χ1) is 28.4. The minimum Gasteiger partial charge on any atom is -0.477 e. The van der Waals surface area contributed by atoms with Crippen molar-refractivity contribution in [3.8, 4) is 34.3 Å². The Morgan fingerprint density at radius 2 is 1.19 bits per heavy atom. The Morgan fingerprint density at radius 1 is 0.729 bits per heavy atom. The number of aliphatic carboxylic acids is 1. The van der Waals surface area contributed by atoms with Gasteiger partial charge in [-0.3, -0.25) is 13.9 Å². The highest BCUT2D eigenvalue weighted by Gasteiger charge is 2.37. The second kappa shape index (κ2) is 18.8. The summed E-state index contributed by atoms with van der Waals surface area (Å²) < 4.78 is 62.5. The average molecular weight is 913 g/mol. The number of carbonyl (C=O) groups excluding carboxylic acids is 1. The van der Waals surface area contributed by atoms with E-state index in [2.05, 4.69) is 36.6 Å². The number of nitrogens with one attached hydrogen (secondary N) is 1. The molecule has 21 heteroatoms. The number of rotatable bonds is 2. The molecule has 4 aromatic heterocycles. The summed E-state index contributed by atoms with van der Waals surface area (Å²) in [6.07, 6.45) is -2.22. The highest BCUT2D eigenvalue weighted by atomic mass is 36.0. The maximum absolute atomic E-state index is 14.4. The van der Waals surface area contributed by atoms with E-state index < -0.39 is 33.5 Å². The van der Waals surface area contributed by atoms with E-state index in [4.69, 9.17) is 46.4 Å². The van der Waals surface area contributed by atoms with Crippen molar-refractivity contribution in [2.45, 2.75) is 12.5 Å². The van der Waals surface area contributed by atoms with Crippen molar-refractivity contribution < 1.29 is 46.6 Å². The van der Waals surface area contributed by atoms with Crippen LogP contribution in [0, 0.1) is 11.6 Å². The molecule has 2 N–H and O–H groups in total. The third-order valence-corrected chi connectivity index (χ3v) is 9.75. The van der Waals surface area contributed by atoms with Gasteiger partial charge in [0.1, 0.15) is 33.3 Å². The van der Waals surface area contributed by atoms with Crippen LogP contribution in [-0.2, 0) is 28.3 Å². The van der Waals surface area contributed by atoms with Crippen LogP contribution in [0.4, 0.5) is 8.78 Å². The smallest absolute Gasteiger partial charge is 0.367 e. The van der Waals surface area contributed by atoms with Crippen LogP contribution < -0.4 is 14.8 Å². The molecule has 14 nitrogen and oxygen atoms in total. The van der Waals surface area contributed by atoms with Crippen molar-refractivity contribution in [2.75, 3.05) is 52.6 Å². The average Bonchev–Trinajstić information content (AvgIpc) is 3.83. The predicted molar refractivity (Wildman–Crippen MR) is 218 cm³/mol. The molecule has 59 heavy (non-hydrogen) atoms. The third-order valence-electron chi connectivity index (χ3n) is 9.33. The topological polar surface area (TPSA) is 159 Å². The van der Waals surface area contributed by atoms with Crippen LogP contribution in [0.1, 0.15) is 12.5 Å². The van der Waals surface area contributed by atoms with Gasteiger partial charge in [-0.05, 0) is 60.7 Å². The van der Waals surface area contributed by atoms with E-state index in [-0.39, 0.29) is 16.9 Å². The Bertz CT molecular complexity index is 2540. The number of fused-ring (bicyclic) bond motifs is 10. The molecule has 0 aliphatic carbocycles. The van der Waals surface area contributed by atoms with Gasteiger partial charge in [0.25, 0.3) is 18.4 Å². The molecule has 4 aliphatic heterocycles. The van der Waals surface area contributed by atoms with E-state index in [1.807, 2.05) is 0 Å². The molecule has 0 spiro atoms. The number of carbonyl (C=O) groups is 2. The first-order valence-electron chi connectivity index (χ1n) is 17.8. The zero-order valence-electron chi connectivity index (χ0n) is 30.5. The van der Waals surface area contributed by atoms with Gasteiger partial charge < -0.3 is 34.3 Å². The van der Waals surface area contributed by atoms with E-state index >= 15 is 0 Å². The van der Waals surface area contributed by atoms with Gasteiger partial charge in [-0.2, -0.15) is 0 Å². The first-order valence-corrected chi connectivity index (χ1v) is 21.4. The van der Waals surface area contributed by atoms with Crippen molar-refractivity contribution >= 4 is 87.5 Å². The van der Waals surface area contributed by atoms with Crippen LogP contribution >= 0.6 is 44.6 Å². The van der Waals surface area contributed by atoms with E-state index in [1.165, 1.54) is 28.8 Å². The van der Waals surface area contributed by atoms with Gasteiger partial charge in [-0.1, -0.05) is 35.3 Å². The first kappa shape index (κ1) is 42.5. The lowest BCUT2D eigenvalue weighted by Crippen LogP contribution is -2.46. The Kier molecular flexibility index (Phi) is 13.5. The fourth-order valence-corrected chi connectivity index (χ4v) is 7.12. The second-order valence-electron chi connectivity index (χ2n) is 12.9. The molecule has 2 aromatic carbocycles. The molecule has 10 rings (SSSR count). The van der Waals surface area contributed by atoms with Crippen molar-refractivity contribution in [1.82, 2.24) is 29.3 Å². The summed E-state index contributed by atoms with van der Waals surface area (Å²) in [5, 5.41) is 13.8. The largest absolute Gasteiger partial charge is 0.477 e. The fourth-order valence-electron chi connectivity index (χ4n) is 6.83. The Labute approximate surface area is 355 Å². The number of hydrogen-bond donors (Lipinski definition) is 2. The standard InChI is InChI=1S/C19H15ClFN3O3.C15H8ClFN2O3.C4H9NO.Cl2OS/c20-16-5-4-15-17(22-16)14-10-11-12(21)2-1-3-13(11)24(14)19(27-15)18(25)23-6-8-26-9-7-23;16-12-5-4-11-13(18-12)10-6-7-8(17)2-1-3-9(7)19(10)14(22-11)15(20)21;1-3-6-4-2-5-1;1-4(2)3/h1-5,10,19H,6-9H2;1-6,14H,(H,20,21);5H,1-4H2;. The second-order valence-corrected chi connectivity index (χ2v) is 16.2. The third kappa shape index (κ3) is 9.27. The van der Waals surface area contributed by atoms with Crippen LogP contribution in [0.3, 0.4) is 0 Å². The van der Waals surface area contributed by atoms with Gasteiger partial charge in [0.15, 0.2) is 11.5 Å². The molecule has 310 valence electrons. The zero-order valence-corrected chi connectivity index (χ0v) is 34.3. The lowest BCUT2D eigenvalue weighted by atomic mass is 10.2. The van der Waals surface area contributed by atoms with E-state index in [1.54, 1.807) is 58.0 Å². The molecule has 2 unspecified atom stereocenters. The number of morpholine rings is 2. The molecular formula is C38H32Cl4F2N6O8S. The van der Waals surface area contributed by atoms with E-state index in [9.17, 15) is 23.5 Å². The van der Waals surface area contributed by atoms with Crippen molar-refractivity contribution in [3.05, 3.63) is 94.7 Å². The molecule has 2 atom stereocenters. The summed E-state index contributed by atoms with van der Waals surface area (Å²) in [5.41, 5.74) is 2.94. The summed E-state index contributed by atoms with van der Waals surface area (Å²) in [4.78, 5) is 35.0. The van der Waals surface area contributed by atoms with Gasteiger partial charge >= 0.3 is 5.97 Å². The molecule has 2 fully saturated rings. The number of carboxylic acids is 1. The van der Waals surface area contributed by atoms with Crippen LogP contribution in [0.15, 0.2) is 72.8 Å². The maximum Gasteiger partial charge on any atom is 0.367 e. The Hall–Kier alpha value is -4.59. The number of ether oxygens (including phenoxy) is 4. The summed E-state index contributed by atoms with van der Waals surface area (Å²) >= 11 is 12.0. The van der Waals surface area contributed by atoms with Crippen LogP contribution in [-0.4, -0.2) is 97.8 Å². The number of pyridine rings is 2. The molecular weight excluding hydrogens is 880 g/mol. The fraction of sp³-hybridized carbons (Fsp3) is 0.263. The van der Waals surface area contributed by atoms with Gasteiger partial charge in [-0.25, -0.2) is 27.8 Å². The molecule has 2 saturated heterocycles. The van der Waals surface area contributed by atoms with Crippen molar-refractivity contribution in [2.24, 2.45) is 0 Å². The normalized spacial score (nSPS) is 17.6. The van der Waals surface area contributed by atoms with E-state index in [0.717, 1.165) is 26.3 Å². The molecule has 0 saturated carbocycles. The molecule has 1 amide bonds. The molecule has 6 aromatic rings. The highest BCUT2D eigenvalue weighted by molar-refractivity contribution is 8.26. The van der Waals surface area contributed by atoms with Crippen molar-refractivity contribution in [1.29, 1.82) is 0 Å². The van der Waals surface area contributed by atoms with Gasteiger partial charge in [0.2, 0.25) is 9.23 Å². The molecule has 0 bridgehead atoms. The van der Waals surface area contributed by atoms with Crippen LogP contribution in [0.25, 0.3) is 44.6 Å². The number of carboxylic acid groups (broad SMARTS) is 1.